The summed E-state index contributed by atoms with van der Waals surface area (Å²) in [5, 5.41) is 36.1. The van der Waals surface area contributed by atoms with E-state index in [0.717, 1.165) is 0 Å². The van der Waals surface area contributed by atoms with Crippen molar-refractivity contribution in [2.45, 2.75) is 88.2 Å². The number of aliphatic hydroxyl groups excluding tert-OH is 1. The van der Waals surface area contributed by atoms with Gasteiger partial charge in [0.05, 0.1) is 29.3 Å². The van der Waals surface area contributed by atoms with Crippen LogP contribution in [0, 0.1) is 34.5 Å². The smallest absolute Gasteiger partial charge is 0.342 e. The summed E-state index contributed by atoms with van der Waals surface area (Å²) in [6.07, 6.45) is 2.66. The Morgan fingerprint density at radius 1 is 1.08 bits per heavy atom. The van der Waals surface area contributed by atoms with E-state index in [-0.39, 0.29) is 25.0 Å². The highest BCUT2D eigenvalue weighted by atomic mass is 16.7. The summed E-state index contributed by atoms with van der Waals surface area (Å²) in [4.78, 5) is 54.6. The number of ketones is 2. The van der Waals surface area contributed by atoms with E-state index in [1.54, 1.807) is 26.8 Å². The van der Waals surface area contributed by atoms with Crippen LogP contribution in [0.25, 0.3) is 0 Å². The molecule has 0 aromatic heterocycles. The Hall–Kier alpha value is -2.40. The first kappa shape index (κ1) is 24.6. The van der Waals surface area contributed by atoms with E-state index in [1.165, 1.54) is 19.1 Å². The third-order valence-corrected chi connectivity index (χ3v) is 11.8. The SMILES string of the molecule is C[C@@H]1C(=O)O[C@@H]2C[C@@]1(C)[C@@H]1C(=O)[C@]3(O)O[C@]14[C@@]2(C)OC(=O)[C@@]4(O)CC[C@H]1[C@H]3[C@H](O)C=C2CC=CC(=O)[C@@]21C. The van der Waals surface area contributed by atoms with Gasteiger partial charge in [0.15, 0.2) is 28.4 Å². The molecule has 1 saturated carbocycles. The molecule has 3 aliphatic carbocycles. The van der Waals surface area contributed by atoms with Crippen LogP contribution in [0.1, 0.15) is 53.4 Å². The van der Waals surface area contributed by atoms with Gasteiger partial charge in [-0.05, 0) is 56.9 Å². The number of ether oxygens (including phenoxy) is 3. The molecular formula is C28H32O10. The van der Waals surface area contributed by atoms with E-state index >= 15 is 0 Å². The van der Waals surface area contributed by atoms with Crippen molar-refractivity contribution in [2.24, 2.45) is 34.5 Å². The Morgan fingerprint density at radius 2 is 1.79 bits per heavy atom. The van der Waals surface area contributed by atoms with Crippen molar-refractivity contribution in [3.8, 4) is 0 Å². The molecular weight excluding hydrogens is 496 g/mol. The molecule has 7 rings (SSSR count). The van der Waals surface area contributed by atoms with E-state index < -0.39 is 87.0 Å². The molecule has 0 unspecified atom stereocenters. The molecule has 4 aliphatic heterocycles. The number of carbonyl (C=O) groups excluding carboxylic acids is 4. The fourth-order valence-corrected chi connectivity index (χ4v) is 9.51. The van der Waals surface area contributed by atoms with Gasteiger partial charge in [-0.1, -0.05) is 31.6 Å². The lowest BCUT2D eigenvalue weighted by Gasteiger charge is -2.61. The molecule has 204 valence electrons. The minimum absolute atomic E-state index is 0.0287. The maximum absolute atomic E-state index is 14.6. The van der Waals surface area contributed by atoms with Crippen LogP contribution in [0.15, 0.2) is 23.8 Å². The average Bonchev–Trinajstić information content (AvgIpc) is 3.19. The number of hydrogen-bond acceptors (Lipinski definition) is 10. The van der Waals surface area contributed by atoms with E-state index in [4.69, 9.17) is 14.2 Å². The first-order valence-corrected chi connectivity index (χ1v) is 13.4. The molecule has 1 spiro atoms. The molecule has 38 heavy (non-hydrogen) atoms. The van der Waals surface area contributed by atoms with Crippen LogP contribution >= 0.6 is 0 Å². The van der Waals surface area contributed by atoms with Crippen LogP contribution in [0.2, 0.25) is 0 Å². The fourth-order valence-electron chi connectivity index (χ4n) is 9.51. The molecule has 3 N–H and O–H groups in total. The van der Waals surface area contributed by atoms with Crippen LogP contribution in [-0.4, -0.2) is 73.6 Å². The van der Waals surface area contributed by atoms with Crippen molar-refractivity contribution in [1.82, 2.24) is 0 Å². The summed E-state index contributed by atoms with van der Waals surface area (Å²) in [6, 6.07) is 0. The van der Waals surface area contributed by atoms with Crippen LogP contribution in [-0.2, 0) is 33.4 Å². The predicted molar refractivity (Wildman–Crippen MR) is 126 cm³/mol. The zero-order valence-corrected chi connectivity index (χ0v) is 21.7. The molecule has 0 aromatic carbocycles. The summed E-state index contributed by atoms with van der Waals surface area (Å²) in [7, 11) is 0. The molecule has 7 aliphatic rings. The second-order valence-electron chi connectivity index (χ2n) is 13.1. The van der Waals surface area contributed by atoms with Gasteiger partial charge >= 0.3 is 11.9 Å². The van der Waals surface area contributed by atoms with Crippen LogP contribution in [0.3, 0.4) is 0 Å². The Balaban J connectivity index is 1.52. The van der Waals surface area contributed by atoms with Crippen molar-refractivity contribution in [3.05, 3.63) is 23.8 Å². The monoisotopic (exact) mass is 528 g/mol. The Kier molecular flexibility index (Phi) is 4.31. The van der Waals surface area contributed by atoms with Crippen molar-refractivity contribution in [3.63, 3.8) is 0 Å². The molecule has 4 saturated heterocycles. The molecule has 5 fully saturated rings. The summed E-state index contributed by atoms with van der Waals surface area (Å²) in [6.45, 7) is 6.53. The standard InChI is InChI=1S/C28H32O10/c1-12-21(32)36-17-11-23(12,2)19-20(31)27(35)18-14(24(3)13(10-15(18)29)6-5-7-16(24)30)8-9-26(34)22(33)37-25(17,4)28(19,26)38-27/h5,7,10,12,14-15,17-19,29,34-35H,6,8-9,11H2,1-4H3/t12-,14+,15-,17-,18+,19+,23-,24+,25+,26+,27-,28+/m1/s1. The van der Waals surface area contributed by atoms with Gasteiger partial charge in [0.1, 0.15) is 6.10 Å². The second kappa shape index (κ2) is 6.66. The van der Waals surface area contributed by atoms with Crippen molar-refractivity contribution in [2.75, 3.05) is 0 Å². The van der Waals surface area contributed by atoms with Crippen molar-refractivity contribution >= 4 is 23.5 Å². The lowest BCUT2D eigenvalue weighted by Crippen LogP contribution is -2.78. The summed E-state index contributed by atoms with van der Waals surface area (Å²) in [5.74, 6) is -9.59. The summed E-state index contributed by atoms with van der Waals surface area (Å²) in [5.41, 5.74) is -7.93. The van der Waals surface area contributed by atoms with Gasteiger partial charge < -0.3 is 29.5 Å². The fraction of sp³-hybridized carbons (Fsp3) is 0.714. The molecule has 12 atom stereocenters. The minimum atomic E-state index is -2.67. The maximum atomic E-state index is 14.6. The largest absolute Gasteiger partial charge is 0.458 e. The zero-order chi connectivity index (χ0) is 27.4. The number of allylic oxidation sites excluding steroid dienone is 3. The quantitative estimate of drug-likeness (QED) is 0.299. The average molecular weight is 529 g/mol. The van der Waals surface area contributed by atoms with E-state index in [9.17, 15) is 34.5 Å². The highest BCUT2D eigenvalue weighted by Crippen LogP contribution is 2.73. The van der Waals surface area contributed by atoms with Gasteiger partial charge in [-0.15, -0.1) is 0 Å². The van der Waals surface area contributed by atoms with Gasteiger partial charge in [-0.2, -0.15) is 0 Å². The maximum Gasteiger partial charge on any atom is 0.342 e. The van der Waals surface area contributed by atoms with Gasteiger partial charge in [0, 0.05) is 0 Å². The number of carbonyl (C=O) groups is 4. The molecule has 10 heteroatoms. The number of aliphatic hydroxyl groups is 3. The van der Waals surface area contributed by atoms with Gasteiger partial charge in [-0.3, -0.25) is 14.4 Å². The van der Waals surface area contributed by atoms with E-state index in [0.29, 0.717) is 12.0 Å². The highest BCUT2D eigenvalue weighted by Gasteiger charge is 2.92. The number of Topliss-reactive ketones (excluding diaryl/α,β-unsaturated/α-hetero) is 1. The minimum Gasteiger partial charge on any atom is -0.458 e. The molecule has 0 radical (unpaired) electrons. The molecule has 4 bridgehead atoms. The molecule has 10 nitrogen and oxygen atoms in total. The molecule has 4 heterocycles. The zero-order valence-electron chi connectivity index (χ0n) is 21.7. The lowest BCUT2D eigenvalue weighted by atomic mass is 9.46. The van der Waals surface area contributed by atoms with Crippen LogP contribution in [0.4, 0.5) is 0 Å². The van der Waals surface area contributed by atoms with Crippen LogP contribution < -0.4 is 0 Å². The number of hydrogen-bond donors (Lipinski definition) is 3. The summed E-state index contributed by atoms with van der Waals surface area (Å²) < 4.78 is 18.0. The predicted octanol–water partition coefficient (Wildman–Crippen LogP) is 0.510. The first-order chi connectivity index (χ1) is 17.6. The first-order valence-electron chi connectivity index (χ1n) is 13.4. The molecule has 0 aromatic rings. The Morgan fingerprint density at radius 3 is 2.50 bits per heavy atom. The van der Waals surface area contributed by atoms with Gasteiger partial charge in [-0.25, -0.2) is 4.79 Å². The topological polar surface area (TPSA) is 157 Å². The highest BCUT2D eigenvalue weighted by molar-refractivity contribution is 6.01. The number of esters is 2. The number of fused-ring (bicyclic) bond motifs is 9. The van der Waals surface area contributed by atoms with Crippen molar-refractivity contribution < 1.29 is 48.7 Å². The lowest BCUT2D eigenvalue weighted by molar-refractivity contribution is -0.350. The van der Waals surface area contributed by atoms with Gasteiger partial charge in [0.2, 0.25) is 5.79 Å². The Labute approximate surface area is 219 Å². The number of rotatable bonds is 0. The third kappa shape index (κ3) is 2.19. The van der Waals surface area contributed by atoms with E-state index in [2.05, 4.69) is 0 Å². The van der Waals surface area contributed by atoms with Crippen molar-refractivity contribution in [1.29, 1.82) is 0 Å². The van der Waals surface area contributed by atoms with Gasteiger partial charge in [0.25, 0.3) is 0 Å². The van der Waals surface area contributed by atoms with Crippen LogP contribution in [0.5, 0.6) is 0 Å². The molecule has 0 amide bonds. The second-order valence-corrected chi connectivity index (χ2v) is 13.1. The summed E-state index contributed by atoms with van der Waals surface area (Å²) >= 11 is 0. The van der Waals surface area contributed by atoms with E-state index in [1.807, 2.05) is 0 Å². The third-order valence-electron chi connectivity index (χ3n) is 11.8. The normalized spacial score (nSPS) is 58.1. The Bertz CT molecular complexity index is 1300.